The number of likely N-dealkylation sites (tertiary alicyclic amines) is 1. The van der Waals surface area contributed by atoms with Gasteiger partial charge in [-0.2, -0.15) is 5.10 Å². The van der Waals surface area contributed by atoms with E-state index < -0.39 is 48.1 Å². The Morgan fingerprint density at radius 3 is 2.27 bits per heavy atom. The van der Waals surface area contributed by atoms with E-state index in [-0.39, 0.29) is 30.9 Å². The SMILES string of the molecule is NC(=S)C1(C(=O)O)CCN(C(=O)Cn2nc(C(F)F)cc2C(F)F)CC1. The van der Waals surface area contributed by atoms with Crippen LogP contribution in [0.1, 0.15) is 37.1 Å². The van der Waals surface area contributed by atoms with E-state index in [1.807, 2.05) is 0 Å². The molecule has 2 rings (SSSR count). The molecule has 2 heterocycles. The number of hydrogen-bond donors (Lipinski definition) is 2. The lowest BCUT2D eigenvalue weighted by Gasteiger charge is -2.38. The number of alkyl halides is 4. The summed E-state index contributed by atoms with van der Waals surface area (Å²) < 4.78 is 51.8. The third-order valence-corrected chi connectivity index (χ3v) is 4.80. The number of thiocarbonyl (C=S) groups is 1. The number of hydrogen-bond acceptors (Lipinski definition) is 4. The van der Waals surface area contributed by atoms with Crippen LogP contribution in [0.3, 0.4) is 0 Å². The number of amides is 1. The number of carboxylic acids is 1. The fourth-order valence-corrected chi connectivity index (χ4v) is 3.08. The Morgan fingerprint density at radius 2 is 1.85 bits per heavy atom. The zero-order valence-corrected chi connectivity index (χ0v) is 14.2. The van der Waals surface area contributed by atoms with Gasteiger partial charge >= 0.3 is 5.97 Å². The summed E-state index contributed by atoms with van der Waals surface area (Å²) in [6, 6.07) is 0.557. The minimum Gasteiger partial charge on any atom is -0.481 e. The van der Waals surface area contributed by atoms with Crippen LogP contribution in [0, 0.1) is 5.41 Å². The summed E-state index contributed by atoms with van der Waals surface area (Å²) in [4.78, 5) is 24.8. The summed E-state index contributed by atoms with van der Waals surface area (Å²) >= 11 is 4.81. The number of nitrogens with two attached hydrogens (primary N) is 1. The molecule has 1 saturated heterocycles. The van der Waals surface area contributed by atoms with Gasteiger partial charge in [-0.3, -0.25) is 14.3 Å². The summed E-state index contributed by atoms with van der Waals surface area (Å²) in [5.41, 5.74) is 2.46. The van der Waals surface area contributed by atoms with Gasteiger partial charge in [0.1, 0.15) is 23.3 Å². The van der Waals surface area contributed by atoms with Crippen molar-refractivity contribution in [3.63, 3.8) is 0 Å². The molecule has 26 heavy (non-hydrogen) atoms. The third kappa shape index (κ3) is 3.79. The molecule has 0 bridgehead atoms. The largest absolute Gasteiger partial charge is 0.481 e. The van der Waals surface area contributed by atoms with Gasteiger partial charge in [0.2, 0.25) is 5.91 Å². The Hall–Kier alpha value is -2.24. The smallest absolute Gasteiger partial charge is 0.316 e. The molecule has 12 heteroatoms. The molecule has 0 saturated carbocycles. The fourth-order valence-electron chi connectivity index (χ4n) is 2.79. The Morgan fingerprint density at radius 1 is 1.27 bits per heavy atom. The molecule has 1 aromatic rings. The molecular weight excluding hydrogens is 380 g/mol. The van der Waals surface area contributed by atoms with Gasteiger partial charge < -0.3 is 15.7 Å². The van der Waals surface area contributed by atoms with Crippen LogP contribution >= 0.6 is 12.2 Å². The average molecular weight is 396 g/mol. The molecule has 7 nitrogen and oxygen atoms in total. The van der Waals surface area contributed by atoms with Crippen LogP contribution in [-0.2, 0) is 16.1 Å². The second-order valence-corrected chi connectivity index (χ2v) is 6.33. The molecule has 1 aliphatic rings. The first kappa shape index (κ1) is 20.1. The highest BCUT2D eigenvalue weighted by molar-refractivity contribution is 7.80. The number of aromatic nitrogens is 2. The lowest BCUT2D eigenvalue weighted by atomic mass is 9.78. The number of carboxylic acid groups (broad SMARTS) is 1. The van der Waals surface area contributed by atoms with Crippen LogP contribution in [0.25, 0.3) is 0 Å². The zero-order chi connectivity index (χ0) is 19.6. The van der Waals surface area contributed by atoms with Crippen molar-refractivity contribution in [1.82, 2.24) is 14.7 Å². The van der Waals surface area contributed by atoms with Gasteiger partial charge in [-0.15, -0.1) is 0 Å². The van der Waals surface area contributed by atoms with E-state index in [9.17, 15) is 32.3 Å². The maximum absolute atomic E-state index is 13.0. The molecular formula is C14H16F4N4O3S. The van der Waals surface area contributed by atoms with Crippen molar-refractivity contribution in [2.45, 2.75) is 32.2 Å². The Balaban J connectivity index is 2.10. The highest BCUT2D eigenvalue weighted by atomic mass is 32.1. The molecule has 0 unspecified atom stereocenters. The first-order valence-corrected chi connectivity index (χ1v) is 7.94. The van der Waals surface area contributed by atoms with E-state index in [0.717, 1.165) is 0 Å². The van der Waals surface area contributed by atoms with E-state index in [1.54, 1.807) is 0 Å². The second-order valence-electron chi connectivity index (χ2n) is 5.89. The molecule has 0 spiro atoms. The Labute approximate surface area is 150 Å². The lowest BCUT2D eigenvalue weighted by molar-refractivity contribution is -0.149. The highest BCUT2D eigenvalue weighted by Crippen LogP contribution is 2.32. The summed E-state index contributed by atoms with van der Waals surface area (Å²) in [5, 5.41) is 12.7. The fraction of sp³-hybridized carbons (Fsp3) is 0.571. The van der Waals surface area contributed by atoms with Crippen LogP contribution in [0.5, 0.6) is 0 Å². The number of nitrogens with zero attached hydrogens (tertiary/aromatic N) is 3. The van der Waals surface area contributed by atoms with Crippen LogP contribution in [0.2, 0.25) is 0 Å². The summed E-state index contributed by atoms with van der Waals surface area (Å²) in [6.45, 7) is -0.662. The molecule has 1 aliphatic heterocycles. The number of halogens is 4. The number of aliphatic carboxylic acids is 1. The van der Waals surface area contributed by atoms with Crippen molar-refractivity contribution in [3.05, 3.63) is 17.5 Å². The molecule has 1 amide bonds. The zero-order valence-electron chi connectivity index (χ0n) is 13.4. The van der Waals surface area contributed by atoms with Crippen molar-refractivity contribution < 1.29 is 32.3 Å². The highest BCUT2D eigenvalue weighted by Gasteiger charge is 2.45. The molecule has 1 fully saturated rings. The van der Waals surface area contributed by atoms with Gasteiger partial charge in [-0.25, -0.2) is 17.6 Å². The average Bonchev–Trinajstić information content (AvgIpc) is 2.98. The summed E-state index contributed by atoms with van der Waals surface area (Å²) in [6.07, 6.45) is -6.15. The van der Waals surface area contributed by atoms with Gasteiger partial charge in [-0.1, -0.05) is 12.2 Å². The van der Waals surface area contributed by atoms with E-state index in [2.05, 4.69) is 5.10 Å². The first-order valence-electron chi connectivity index (χ1n) is 7.53. The molecule has 1 aromatic heterocycles. The van der Waals surface area contributed by atoms with Crippen molar-refractivity contribution in [2.24, 2.45) is 11.1 Å². The predicted octanol–water partition coefficient (Wildman–Crippen LogP) is 1.74. The van der Waals surface area contributed by atoms with Crippen molar-refractivity contribution in [1.29, 1.82) is 0 Å². The minimum atomic E-state index is -3.07. The molecule has 3 N–H and O–H groups in total. The number of rotatable bonds is 6. The number of carbonyl (C=O) groups excluding carboxylic acids is 1. The quantitative estimate of drug-likeness (QED) is 0.561. The standard InChI is InChI=1S/C14H16F4N4O3S/c15-10(16)7-5-8(11(17)18)22(20-7)6-9(23)21-3-1-14(2-4-21,12(19)26)13(24)25/h5,10-11H,1-4,6H2,(H2,19,26)(H,24,25). The summed E-state index contributed by atoms with van der Waals surface area (Å²) in [7, 11) is 0. The maximum atomic E-state index is 13.0. The predicted molar refractivity (Wildman–Crippen MR) is 84.8 cm³/mol. The molecule has 0 aliphatic carbocycles. The Bertz CT molecular complexity index is 701. The number of carbonyl (C=O) groups is 2. The van der Waals surface area contributed by atoms with Gasteiger partial charge in [0, 0.05) is 13.1 Å². The molecule has 144 valence electrons. The monoisotopic (exact) mass is 396 g/mol. The first-order chi connectivity index (χ1) is 12.1. The van der Waals surface area contributed by atoms with E-state index in [0.29, 0.717) is 10.7 Å². The molecule has 0 aromatic carbocycles. The van der Waals surface area contributed by atoms with Crippen molar-refractivity contribution in [2.75, 3.05) is 13.1 Å². The van der Waals surface area contributed by atoms with Gasteiger partial charge in [-0.05, 0) is 18.9 Å². The van der Waals surface area contributed by atoms with Gasteiger partial charge in [0.05, 0.1) is 4.99 Å². The Kier molecular flexibility index (Phi) is 5.84. The van der Waals surface area contributed by atoms with Crippen molar-refractivity contribution in [3.8, 4) is 0 Å². The van der Waals surface area contributed by atoms with Crippen molar-refractivity contribution >= 4 is 29.1 Å². The summed E-state index contributed by atoms with van der Waals surface area (Å²) in [5.74, 6) is -1.83. The van der Waals surface area contributed by atoms with Crippen LogP contribution < -0.4 is 5.73 Å². The molecule has 0 radical (unpaired) electrons. The van der Waals surface area contributed by atoms with Crippen LogP contribution in [0.15, 0.2) is 6.07 Å². The van der Waals surface area contributed by atoms with Gasteiger partial charge in [0.15, 0.2) is 0 Å². The normalized spacial score (nSPS) is 16.9. The maximum Gasteiger partial charge on any atom is 0.316 e. The number of piperidine rings is 1. The van der Waals surface area contributed by atoms with Crippen LogP contribution in [-0.4, -0.2) is 49.7 Å². The van der Waals surface area contributed by atoms with Crippen LogP contribution in [0.4, 0.5) is 17.6 Å². The minimum absolute atomic E-state index is 0.00451. The third-order valence-electron chi connectivity index (χ3n) is 4.41. The van der Waals surface area contributed by atoms with E-state index in [1.165, 1.54) is 4.90 Å². The lowest BCUT2D eigenvalue weighted by Crippen LogP contribution is -2.52. The molecule has 0 atom stereocenters. The van der Waals surface area contributed by atoms with E-state index in [4.69, 9.17) is 18.0 Å². The van der Waals surface area contributed by atoms with Gasteiger partial charge in [0.25, 0.3) is 12.9 Å². The van der Waals surface area contributed by atoms with E-state index >= 15 is 0 Å². The topological polar surface area (TPSA) is 101 Å². The second kappa shape index (κ2) is 7.56.